The summed E-state index contributed by atoms with van der Waals surface area (Å²) in [6, 6.07) is 20.1. The quantitative estimate of drug-likeness (QED) is 0.420. The van der Waals surface area contributed by atoms with Crippen LogP contribution in [0, 0.1) is 6.92 Å². The van der Waals surface area contributed by atoms with Gasteiger partial charge < -0.3 is 4.74 Å². The van der Waals surface area contributed by atoms with E-state index in [4.69, 9.17) is 27.9 Å². The monoisotopic (exact) mass is 412 g/mol. The summed E-state index contributed by atoms with van der Waals surface area (Å²) in [5.41, 5.74) is 5.75. The highest BCUT2D eigenvalue weighted by atomic mass is 35.5. The molecule has 0 aliphatic heterocycles. The predicted octanol–water partition coefficient (Wildman–Crippen LogP) is 5.64. The number of aryl methyl sites for hydroxylation is 1. The summed E-state index contributed by atoms with van der Waals surface area (Å²) >= 11 is 11.9. The first-order chi connectivity index (χ1) is 13.5. The second-order valence-corrected chi connectivity index (χ2v) is 6.94. The fourth-order valence-electron chi connectivity index (χ4n) is 2.53. The number of amides is 1. The van der Waals surface area contributed by atoms with Crippen LogP contribution in [0.25, 0.3) is 0 Å². The molecule has 28 heavy (non-hydrogen) atoms. The summed E-state index contributed by atoms with van der Waals surface area (Å²) in [5, 5.41) is 5.03. The number of benzene rings is 3. The first-order valence-electron chi connectivity index (χ1n) is 8.59. The number of carbonyl (C=O) groups is 1. The minimum atomic E-state index is -0.249. The van der Waals surface area contributed by atoms with E-state index in [-0.39, 0.29) is 5.91 Å². The van der Waals surface area contributed by atoms with Gasteiger partial charge in [-0.15, -0.1) is 0 Å². The van der Waals surface area contributed by atoms with Crippen LogP contribution in [0.1, 0.15) is 27.0 Å². The molecule has 0 bridgehead atoms. The number of carbonyl (C=O) groups excluding carboxylic acids is 1. The molecule has 0 fully saturated rings. The molecule has 0 unspecified atom stereocenters. The van der Waals surface area contributed by atoms with E-state index in [0.29, 0.717) is 28.0 Å². The molecule has 0 radical (unpaired) electrons. The SMILES string of the molecule is Cc1ccccc1C(=O)N/N=C/c1cccc(OCc2ccc(Cl)c(Cl)c2)c1. The third-order valence-electron chi connectivity index (χ3n) is 4.02. The molecule has 142 valence electrons. The van der Waals surface area contributed by atoms with Crippen molar-refractivity contribution in [2.45, 2.75) is 13.5 Å². The number of nitrogens with zero attached hydrogens (tertiary/aromatic N) is 1. The molecule has 0 heterocycles. The maximum Gasteiger partial charge on any atom is 0.271 e. The van der Waals surface area contributed by atoms with Crippen LogP contribution in [-0.4, -0.2) is 12.1 Å². The van der Waals surface area contributed by atoms with Crippen LogP contribution in [0.4, 0.5) is 0 Å². The molecule has 3 rings (SSSR count). The highest BCUT2D eigenvalue weighted by Gasteiger charge is 2.06. The molecular weight excluding hydrogens is 395 g/mol. The van der Waals surface area contributed by atoms with Gasteiger partial charge in [0, 0.05) is 5.56 Å². The number of rotatable bonds is 6. The number of hydrogen-bond acceptors (Lipinski definition) is 3. The summed E-state index contributed by atoms with van der Waals surface area (Å²) in [6.45, 7) is 2.24. The Morgan fingerprint density at radius 2 is 1.86 bits per heavy atom. The lowest BCUT2D eigenvalue weighted by Crippen LogP contribution is -2.18. The predicted molar refractivity (Wildman–Crippen MR) is 113 cm³/mol. The Morgan fingerprint density at radius 3 is 2.64 bits per heavy atom. The van der Waals surface area contributed by atoms with Crippen LogP contribution >= 0.6 is 23.2 Å². The van der Waals surface area contributed by atoms with Crippen LogP contribution < -0.4 is 10.2 Å². The molecule has 0 aliphatic carbocycles. The number of ether oxygens (including phenoxy) is 1. The van der Waals surface area contributed by atoms with Crippen LogP contribution in [0.2, 0.25) is 10.0 Å². The first-order valence-corrected chi connectivity index (χ1v) is 9.34. The minimum Gasteiger partial charge on any atom is -0.489 e. The average molecular weight is 413 g/mol. The van der Waals surface area contributed by atoms with Crippen molar-refractivity contribution >= 4 is 35.3 Å². The van der Waals surface area contributed by atoms with Crippen molar-refractivity contribution in [1.82, 2.24) is 5.43 Å². The lowest BCUT2D eigenvalue weighted by Gasteiger charge is -2.08. The third-order valence-corrected chi connectivity index (χ3v) is 4.76. The maximum absolute atomic E-state index is 12.2. The fraction of sp³-hybridized carbons (Fsp3) is 0.0909. The topological polar surface area (TPSA) is 50.7 Å². The van der Waals surface area contributed by atoms with Crippen molar-refractivity contribution in [3.05, 3.63) is 99.0 Å². The largest absolute Gasteiger partial charge is 0.489 e. The van der Waals surface area contributed by atoms with Gasteiger partial charge in [-0.1, -0.05) is 59.6 Å². The van der Waals surface area contributed by atoms with Crippen molar-refractivity contribution in [2.24, 2.45) is 5.10 Å². The summed E-state index contributed by atoms with van der Waals surface area (Å²) < 4.78 is 5.79. The van der Waals surface area contributed by atoms with Crippen LogP contribution in [0.15, 0.2) is 71.8 Å². The van der Waals surface area contributed by atoms with Crippen molar-refractivity contribution in [3.63, 3.8) is 0 Å². The zero-order valence-corrected chi connectivity index (χ0v) is 16.7. The van der Waals surface area contributed by atoms with Crippen LogP contribution in [0.5, 0.6) is 5.75 Å². The van der Waals surface area contributed by atoms with E-state index in [1.54, 1.807) is 24.4 Å². The Morgan fingerprint density at radius 1 is 1.04 bits per heavy atom. The molecule has 4 nitrogen and oxygen atoms in total. The molecule has 0 saturated heterocycles. The maximum atomic E-state index is 12.2. The van der Waals surface area contributed by atoms with Gasteiger partial charge in [0.2, 0.25) is 0 Å². The molecule has 1 amide bonds. The van der Waals surface area contributed by atoms with E-state index in [1.807, 2.05) is 55.5 Å². The van der Waals surface area contributed by atoms with Crippen LogP contribution in [-0.2, 0) is 6.61 Å². The first kappa shape index (κ1) is 19.9. The zero-order valence-electron chi connectivity index (χ0n) is 15.2. The Hall–Kier alpha value is -2.82. The lowest BCUT2D eigenvalue weighted by molar-refractivity contribution is 0.0954. The summed E-state index contributed by atoms with van der Waals surface area (Å²) in [5.74, 6) is 0.432. The Labute approximate surface area is 173 Å². The molecule has 0 saturated carbocycles. The van der Waals surface area contributed by atoms with E-state index >= 15 is 0 Å². The molecule has 0 aliphatic rings. The Bertz CT molecular complexity index is 1020. The second kappa shape index (κ2) is 9.40. The molecule has 1 N–H and O–H groups in total. The van der Waals surface area contributed by atoms with Gasteiger partial charge in [0.15, 0.2) is 0 Å². The number of hydrazone groups is 1. The molecule has 3 aromatic rings. The number of hydrogen-bond donors (Lipinski definition) is 1. The van der Waals surface area contributed by atoms with Crippen molar-refractivity contribution < 1.29 is 9.53 Å². The second-order valence-electron chi connectivity index (χ2n) is 6.12. The molecule has 0 aromatic heterocycles. The van der Waals surface area contributed by atoms with Gasteiger partial charge in [-0.25, -0.2) is 5.43 Å². The van der Waals surface area contributed by atoms with Gasteiger partial charge in [-0.3, -0.25) is 4.79 Å². The van der Waals surface area contributed by atoms with Crippen molar-refractivity contribution in [1.29, 1.82) is 0 Å². The van der Waals surface area contributed by atoms with Gasteiger partial charge in [0.1, 0.15) is 12.4 Å². The van der Waals surface area contributed by atoms with Gasteiger partial charge in [-0.05, 0) is 53.9 Å². The van der Waals surface area contributed by atoms with E-state index in [2.05, 4.69) is 10.5 Å². The average Bonchev–Trinajstić information content (AvgIpc) is 2.69. The third kappa shape index (κ3) is 5.35. The van der Waals surface area contributed by atoms with Crippen LogP contribution in [0.3, 0.4) is 0 Å². The highest BCUT2D eigenvalue weighted by Crippen LogP contribution is 2.23. The Kier molecular flexibility index (Phi) is 6.69. The molecule has 0 spiro atoms. The minimum absolute atomic E-state index is 0.249. The fourth-order valence-corrected chi connectivity index (χ4v) is 2.85. The van der Waals surface area contributed by atoms with E-state index in [9.17, 15) is 4.79 Å². The molecule has 3 aromatic carbocycles. The van der Waals surface area contributed by atoms with E-state index in [0.717, 1.165) is 16.7 Å². The van der Waals surface area contributed by atoms with Gasteiger partial charge >= 0.3 is 0 Å². The smallest absolute Gasteiger partial charge is 0.271 e. The molecular formula is C22H18Cl2N2O2. The number of halogens is 2. The van der Waals surface area contributed by atoms with E-state index in [1.165, 1.54) is 0 Å². The van der Waals surface area contributed by atoms with E-state index < -0.39 is 0 Å². The van der Waals surface area contributed by atoms with Crippen molar-refractivity contribution in [3.8, 4) is 5.75 Å². The molecule has 0 atom stereocenters. The standard InChI is InChI=1S/C22H18Cl2N2O2/c1-15-5-2-3-8-19(15)22(27)26-25-13-16-6-4-7-18(11-16)28-14-17-9-10-20(23)21(24)12-17/h2-13H,14H2,1H3,(H,26,27)/b25-13+. The summed E-state index contributed by atoms with van der Waals surface area (Å²) in [4.78, 5) is 12.2. The van der Waals surface area contributed by atoms with Gasteiger partial charge in [0.25, 0.3) is 5.91 Å². The highest BCUT2D eigenvalue weighted by molar-refractivity contribution is 6.42. The van der Waals surface area contributed by atoms with Gasteiger partial charge in [0.05, 0.1) is 16.3 Å². The zero-order chi connectivity index (χ0) is 19.9. The lowest BCUT2D eigenvalue weighted by atomic mass is 10.1. The Balaban J connectivity index is 1.59. The molecule has 6 heteroatoms. The van der Waals surface area contributed by atoms with Gasteiger partial charge in [-0.2, -0.15) is 5.10 Å². The van der Waals surface area contributed by atoms with Crippen molar-refractivity contribution in [2.75, 3.05) is 0 Å². The normalized spacial score (nSPS) is 10.8. The number of nitrogens with one attached hydrogen (secondary N) is 1. The summed E-state index contributed by atoms with van der Waals surface area (Å²) in [7, 11) is 0. The summed E-state index contributed by atoms with van der Waals surface area (Å²) in [6.07, 6.45) is 1.57.